The number of fused-ring (bicyclic) bond motifs is 2. The predicted molar refractivity (Wildman–Crippen MR) is 105 cm³/mol. The highest BCUT2D eigenvalue weighted by molar-refractivity contribution is 9.10. The molecular formula is C17H11BrN4OS2. The van der Waals surface area contributed by atoms with E-state index in [-0.39, 0.29) is 5.56 Å². The van der Waals surface area contributed by atoms with E-state index < -0.39 is 0 Å². The maximum absolute atomic E-state index is 12.7. The van der Waals surface area contributed by atoms with Crippen LogP contribution in [0.5, 0.6) is 0 Å². The lowest BCUT2D eigenvalue weighted by molar-refractivity contribution is 0.672. The van der Waals surface area contributed by atoms with Crippen LogP contribution in [0.3, 0.4) is 0 Å². The predicted octanol–water partition coefficient (Wildman–Crippen LogP) is 4.50. The fourth-order valence-corrected chi connectivity index (χ4v) is 4.60. The third-order valence-corrected chi connectivity index (χ3v) is 5.92. The van der Waals surface area contributed by atoms with Crippen LogP contribution in [-0.2, 0) is 6.54 Å². The minimum absolute atomic E-state index is 0.0619. The molecule has 0 saturated carbocycles. The van der Waals surface area contributed by atoms with E-state index in [4.69, 9.17) is 0 Å². The largest absolute Gasteiger partial charge is 0.283 e. The Morgan fingerprint density at radius 3 is 3.00 bits per heavy atom. The molecule has 0 N–H and O–H groups in total. The molecule has 4 aromatic rings. The zero-order valence-electron chi connectivity index (χ0n) is 12.8. The van der Waals surface area contributed by atoms with E-state index in [0.717, 1.165) is 25.2 Å². The first kappa shape index (κ1) is 16.4. The Bertz CT molecular complexity index is 1170. The summed E-state index contributed by atoms with van der Waals surface area (Å²) in [6.45, 7) is 4.14. The number of hydrogen-bond donors (Lipinski definition) is 0. The lowest BCUT2D eigenvalue weighted by Crippen LogP contribution is -2.22. The Morgan fingerprint density at radius 2 is 2.16 bits per heavy atom. The topological polar surface area (TPSA) is 60.7 Å². The monoisotopic (exact) mass is 430 g/mol. The van der Waals surface area contributed by atoms with Gasteiger partial charge < -0.3 is 0 Å². The Hall–Kier alpha value is -2.03. The number of nitrogens with zero attached hydrogens (tertiary/aromatic N) is 4. The molecule has 5 nitrogen and oxygen atoms in total. The third-order valence-electron chi connectivity index (χ3n) is 3.61. The average Bonchev–Trinajstić information content (AvgIpc) is 3.07. The molecule has 1 aromatic carbocycles. The molecule has 0 spiro atoms. The maximum atomic E-state index is 12.7. The zero-order valence-corrected chi connectivity index (χ0v) is 16.1. The highest BCUT2D eigenvalue weighted by atomic mass is 79.9. The number of aromatic nitrogens is 4. The van der Waals surface area contributed by atoms with Gasteiger partial charge in [-0.05, 0) is 41.4 Å². The van der Waals surface area contributed by atoms with Gasteiger partial charge in [-0.2, -0.15) is 0 Å². The average molecular weight is 431 g/mol. The molecule has 0 amide bonds. The summed E-state index contributed by atoms with van der Waals surface area (Å²) < 4.78 is 2.57. The molecule has 0 atom stereocenters. The Kier molecular flexibility index (Phi) is 4.41. The van der Waals surface area contributed by atoms with Crippen LogP contribution in [0.2, 0.25) is 0 Å². The second-order valence-corrected chi connectivity index (χ2v) is 7.95. The molecule has 0 aliphatic rings. The molecular weight excluding hydrogens is 420 g/mol. The number of thiophene rings is 1. The van der Waals surface area contributed by atoms with Crippen molar-refractivity contribution < 1.29 is 0 Å². The molecule has 0 unspecified atom stereocenters. The number of hydrogen-bond acceptors (Lipinski definition) is 6. The molecule has 0 radical (unpaired) electrons. The molecule has 0 fully saturated rings. The van der Waals surface area contributed by atoms with Gasteiger partial charge in [-0.3, -0.25) is 9.36 Å². The summed E-state index contributed by atoms with van der Waals surface area (Å²) in [5, 5.41) is 4.77. The van der Waals surface area contributed by atoms with E-state index in [1.54, 1.807) is 16.7 Å². The van der Waals surface area contributed by atoms with Gasteiger partial charge in [0.2, 0.25) is 0 Å². The molecule has 124 valence electrons. The van der Waals surface area contributed by atoms with Gasteiger partial charge in [0, 0.05) is 16.4 Å². The van der Waals surface area contributed by atoms with E-state index in [1.165, 1.54) is 29.4 Å². The molecule has 0 aliphatic carbocycles. The molecule has 4 rings (SSSR count). The number of benzene rings is 1. The molecule has 3 aromatic heterocycles. The maximum Gasteiger partial charge on any atom is 0.263 e. The van der Waals surface area contributed by atoms with Crippen molar-refractivity contribution in [2.24, 2.45) is 0 Å². The first-order valence-corrected chi connectivity index (χ1v) is 9.83. The van der Waals surface area contributed by atoms with Gasteiger partial charge in [-0.15, -0.1) is 17.9 Å². The van der Waals surface area contributed by atoms with Crippen molar-refractivity contribution in [3.63, 3.8) is 0 Å². The zero-order chi connectivity index (χ0) is 17.4. The van der Waals surface area contributed by atoms with Gasteiger partial charge in [0.05, 0.1) is 10.9 Å². The van der Waals surface area contributed by atoms with Crippen LogP contribution in [0.25, 0.3) is 21.1 Å². The van der Waals surface area contributed by atoms with Gasteiger partial charge >= 0.3 is 0 Å². The molecule has 8 heteroatoms. The summed E-state index contributed by atoms with van der Waals surface area (Å²) in [5.41, 5.74) is 0.781. The fraction of sp³-hybridized carbons (Fsp3) is 0.0588. The van der Waals surface area contributed by atoms with E-state index in [9.17, 15) is 4.79 Å². The first-order chi connectivity index (χ1) is 12.2. The molecule has 25 heavy (non-hydrogen) atoms. The number of rotatable bonds is 4. The summed E-state index contributed by atoms with van der Waals surface area (Å²) in [7, 11) is 0. The van der Waals surface area contributed by atoms with Crippen molar-refractivity contribution in [2.75, 3.05) is 0 Å². The lowest BCUT2D eigenvalue weighted by Gasteiger charge is -2.10. The quantitative estimate of drug-likeness (QED) is 0.271. The van der Waals surface area contributed by atoms with Crippen molar-refractivity contribution in [2.45, 2.75) is 16.7 Å². The van der Waals surface area contributed by atoms with Gasteiger partial charge in [0.25, 0.3) is 5.56 Å². The van der Waals surface area contributed by atoms with Crippen molar-refractivity contribution >= 4 is 60.1 Å². The summed E-state index contributed by atoms with van der Waals surface area (Å²) in [5.74, 6) is 0. The number of halogens is 1. The van der Waals surface area contributed by atoms with Crippen molar-refractivity contribution in [1.29, 1.82) is 0 Å². The van der Waals surface area contributed by atoms with Crippen LogP contribution in [0.15, 0.2) is 68.1 Å². The summed E-state index contributed by atoms with van der Waals surface area (Å²) in [6.07, 6.45) is 3.22. The molecule has 3 heterocycles. The summed E-state index contributed by atoms with van der Waals surface area (Å²) >= 11 is 6.30. The fourth-order valence-electron chi connectivity index (χ4n) is 2.47. The van der Waals surface area contributed by atoms with Crippen LogP contribution in [-0.4, -0.2) is 19.5 Å². The minimum atomic E-state index is -0.0619. The number of allylic oxidation sites excluding steroid dienone is 1. The second-order valence-electron chi connectivity index (χ2n) is 5.18. The van der Waals surface area contributed by atoms with E-state index >= 15 is 0 Å². The van der Waals surface area contributed by atoms with Crippen LogP contribution in [0.1, 0.15) is 0 Å². The van der Waals surface area contributed by atoms with Crippen LogP contribution >= 0.6 is 39.0 Å². The third kappa shape index (κ3) is 3.01. The van der Waals surface area contributed by atoms with Crippen molar-refractivity contribution in [1.82, 2.24) is 19.5 Å². The second kappa shape index (κ2) is 6.70. The van der Waals surface area contributed by atoms with Crippen molar-refractivity contribution in [3.8, 4) is 0 Å². The lowest BCUT2D eigenvalue weighted by atomic mass is 10.2. The highest BCUT2D eigenvalue weighted by Crippen LogP contribution is 2.32. The Labute approximate surface area is 159 Å². The standard InChI is InChI=1S/C17H11BrN4OS2/c1-2-6-22-16(23)11-5-7-24-15(11)21-17(22)25-14-12-8-10(18)3-4-13(12)19-9-20-14/h2-5,7-9H,1,6H2. The van der Waals surface area contributed by atoms with Gasteiger partial charge in [-0.25, -0.2) is 15.0 Å². The molecule has 0 saturated heterocycles. The van der Waals surface area contributed by atoms with Gasteiger partial charge in [0.1, 0.15) is 16.2 Å². The SMILES string of the molecule is C=CCn1c(Sc2ncnc3ccc(Br)cc23)nc2sccc2c1=O. The van der Waals surface area contributed by atoms with Crippen LogP contribution < -0.4 is 5.56 Å². The van der Waals surface area contributed by atoms with E-state index in [1.807, 2.05) is 23.6 Å². The molecule has 0 aliphatic heterocycles. The van der Waals surface area contributed by atoms with Gasteiger partial charge in [0.15, 0.2) is 5.16 Å². The Balaban J connectivity index is 1.91. The summed E-state index contributed by atoms with van der Waals surface area (Å²) in [4.78, 5) is 26.8. The smallest absolute Gasteiger partial charge is 0.263 e. The van der Waals surface area contributed by atoms with E-state index in [2.05, 4.69) is 37.5 Å². The van der Waals surface area contributed by atoms with Crippen LogP contribution in [0.4, 0.5) is 0 Å². The molecule has 0 bridgehead atoms. The minimum Gasteiger partial charge on any atom is -0.283 e. The highest BCUT2D eigenvalue weighted by Gasteiger charge is 2.15. The van der Waals surface area contributed by atoms with Crippen molar-refractivity contribution in [3.05, 3.63) is 63.5 Å². The normalized spacial score (nSPS) is 11.2. The Morgan fingerprint density at radius 1 is 1.28 bits per heavy atom. The van der Waals surface area contributed by atoms with Gasteiger partial charge in [-0.1, -0.05) is 22.0 Å². The summed E-state index contributed by atoms with van der Waals surface area (Å²) in [6, 6.07) is 7.64. The first-order valence-electron chi connectivity index (χ1n) is 7.34. The van der Waals surface area contributed by atoms with E-state index in [0.29, 0.717) is 17.1 Å². The van der Waals surface area contributed by atoms with Crippen LogP contribution in [0, 0.1) is 0 Å².